The lowest BCUT2D eigenvalue weighted by atomic mass is 10.0. The summed E-state index contributed by atoms with van der Waals surface area (Å²) < 4.78 is 57.5. The van der Waals surface area contributed by atoms with E-state index in [9.17, 15) is 28.6 Å². The third kappa shape index (κ3) is 8.39. The van der Waals surface area contributed by atoms with E-state index in [4.69, 9.17) is 25.9 Å². The zero-order valence-corrected chi connectivity index (χ0v) is 23.8. The number of anilines is 1. The van der Waals surface area contributed by atoms with Crippen molar-refractivity contribution in [2.45, 2.75) is 44.8 Å². The number of halogens is 3. The summed E-state index contributed by atoms with van der Waals surface area (Å²) in [6.07, 6.45) is -3.61. The highest BCUT2D eigenvalue weighted by atomic mass is 35.5. The van der Waals surface area contributed by atoms with Gasteiger partial charge in [0.2, 0.25) is 5.28 Å². The molecule has 0 aliphatic heterocycles. The van der Waals surface area contributed by atoms with Crippen molar-refractivity contribution >= 4 is 43.6 Å². The Hall–Kier alpha value is -2.25. The highest BCUT2D eigenvalue weighted by Gasteiger charge is 2.35. The molecular weight excluding hydrogens is 596 g/mol. The fourth-order valence-corrected chi connectivity index (χ4v) is 6.57. The van der Waals surface area contributed by atoms with E-state index in [-0.39, 0.29) is 34.8 Å². The van der Waals surface area contributed by atoms with Gasteiger partial charge in [-0.25, -0.2) is 13.8 Å². The van der Waals surface area contributed by atoms with Gasteiger partial charge in [0.15, 0.2) is 18.3 Å². The number of aliphatic hydroxyl groups excluding tert-OH is 2. The number of fused-ring (bicyclic) bond motifs is 1. The van der Waals surface area contributed by atoms with Gasteiger partial charge >= 0.3 is 15.2 Å². The molecule has 0 fully saturated rings. The van der Waals surface area contributed by atoms with E-state index in [1.165, 1.54) is 30.5 Å². The third-order valence-corrected chi connectivity index (χ3v) is 9.39. The number of hydrogen-bond donors (Lipinski definition) is 6. The Labute approximate surface area is 233 Å². The first kappa shape index (κ1) is 32.3. The molecule has 0 aliphatic carbocycles. The number of benzene rings is 1. The fraction of sp³-hybridized carbons (Fsp3) is 0.391. The molecule has 0 aliphatic rings. The summed E-state index contributed by atoms with van der Waals surface area (Å²) in [5.74, 6) is -1.60. The van der Waals surface area contributed by atoms with Crippen LogP contribution in [0.3, 0.4) is 0 Å². The molecule has 5 atom stereocenters. The molecule has 1 unspecified atom stereocenters. The lowest BCUT2D eigenvalue weighted by Crippen LogP contribution is -2.34. The zero-order chi connectivity index (χ0) is 29.8. The average Bonchev–Trinajstić information content (AvgIpc) is 3.28. The van der Waals surface area contributed by atoms with E-state index in [0.717, 1.165) is 10.1 Å². The molecule has 0 saturated carbocycles. The monoisotopic (exact) mass is 624 g/mol. The molecule has 0 bridgehead atoms. The lowest BCUT2D eigenvalue weighted by Gasteiger charge is -2.25. The number of rotatable bonds is 13. The van der Waals surface area contributed by atoms with E-state index in [1.807, 2.05) is 0 Å². The van der Waals surface area contributed by atoms with Gasteiger partial charge in [-0.3, -0.25) is 9.13 Å². The summed E-state index contributed by atoms with van der Waals surface area (Å²) in [5.41, 5.74) is 0.532. The second-order valence-corrected chi connectivity index (χ2v) is 13.3. The van der Waals surface area contributed by atoms with Crippen molar-refractivity contribution in [2.75, 3.05) is 17.8 Å². The highest BCUT2D eigenvalue weighted by Crippen LogP contribution is 2.55. The predicted octanol–water partition coefficient (Wildman–Crippen LogP) is 4.26. The van der Waals surface area contributed by atoms with Crippen LogP contribution in [-0.2, 0) is 13.7 Å². The maximum Gasteiger partial charge on any atom is 0.340 e. The van der Waals surface area contributed by atoms with Crippen molar-refractivity contribution in [1.29, 1.82) is 0 Å². The Morgan fingerprint density at radius 1 is 1.18 bits per heavy atom. The predicted molar refractivity (Wildman–Crippen MR) is 144 cm³/mol. The molecule has 1 aromatic carbocycles. The molecule has 3 rings (SSSR count). The molecule has 0 radical (unpaired) electrons. The molecule has 2 heterocycles. The van der Waals surface area contributed by atoms with Crippen molar-refractivity contribution in [3.05, 3.63) is 64.8 Å². The largest absolute Gasteiger partial charge is 0.385 e. The average molecular weight is 625 g/mol. The second kappa shape index (κ2) is 13.2. The van der Waals surface area contributed by atoms with Gasteiger partial charge in [-0.15, -0.1) is 0 Å². The number of nitrogens with zero attached hydrogens (tertiary/aromatic N) is 3. The van der Waals surface area contributed by atoms with Gasteiger partial charge in [0.05, 0.1) is 12.0 Å². The minimum absolute atomic E-state index is 0.0231. The first-order valence-corrected chi connectivity index (χ1v) is 15.8. The van der Waals surface area contributed by atoms with Gasteiger partial charge in [0.1, 0.15) is 23.4 Å². The first-order valence-electron chi connectivity index (χ1n) is 11.9. The van der Waals surface area contributed by atoms with Gasteiger partial charge in [0.25, 0.3) is 0 Å². The number of hydrogen-bond acceptors (Lipinski definition) is 8. The van der Waals surface area contributed by atoms with Crippen molar-refractivity contribution in [3.8, 4) is 0 Å². The molecule has 220 valence electrons. The molecule has 17 heteroatoms. The van der Waals surface area contributed by atoms with Crippen molar-refractivity contribution in [3.63, 3.8) is 0 Å². The highest BCUT2D eigenvalue weighted by molar-refractivity contribution is 7.70. The van der Waals surface area contributed by atoms with Crippen LogP contribution in [0.25, 0.3) is 11.0 Å². The Morgan fingerprint density at radius 2 is 1.82 bits per heavy atom. The molecule has 3 aromatic rings. The van der Waals surface area contributed by atoms with Crippen LogP contribution in [0.2, 0.25) is 5.28 Å². The van der Waals surface area contributed by atoms with Crippen LogP contribution >= 0.6 is 26.8 Å². The van der Waals surface area contributed by atoms with Crippen LogP contribution in [0.4, 0.5) is 14.6 Å². The van der Waals surface area contributed by atoms with Gasteiger partial charge in [-0.2, -0.15) is 4.98 Å². The maximum atomic E-state index is 15.4. The van der Waals surface area contributed by atoms with Crippen molar-refractivity contribution in [1.82, 2.24) is 14.5 Å². The van der Waals surface area contributed by atoms with Crippen molar-refractivity contribution in [2.24, 2.45) is 0 Å². The zero-order valence-electron chi connectivity index (χ0n) is 21.3. The summed E-state index contributed by atoms with van der Waals surface area (Å²) in [7, 11) is -9.67. The van der Waals surface area contributed by atoms with E-state index in [2.05, 4.69) is 15.3 Å². The summed E-state index contributed by atoms with van der Waals surface area (Å²) in [6, 6.07) is 6.92. The maximum absolute atomic E-state index is 15.4. The molecular formula is C23H29ClF2N4O8P2. The topological polar surface area (TPSA) is 187 Å². The molecule has 2 aromatic heterocycles. The number of nitrogens with one attached hydrogen (secondary N) is 1. The molecule has 0 spiro atoms. The summed E-state index contributed by atoms with van der Waals surface area (Å²) in [4.78, 5) is 35.8. The molecule has 6 N–H and O–H groups in total. The molecule has 0 amide bonds. The van der Waals surface area contributed by atoms with Crippen LogP contribution in [0.15, 0.2) is 48.2 Å². The van der Waals surface area contributed by atoms with Crippen LogP contribution in [-0.4, -0.2) is 64.2 Å². The van der Waals surface area contributed by atoms with Gasteiger partial charge < -0.3 is 39.3 Å². The van der Waals surface area contributed by atoms with Crippen LogP contribution in [0.1, 0.15) is 38.1 Å². The third-order valence-electron chi connectivity index (χ3n) is 5.78. The summed E-state index contributed by atoms with van der Waals surface area (Å²) in [5, 5.41) is 24.7. The smallest absolute Gasteiger partial charge is 0.340 e. The Morgan fingerprint density at radius 3 is 2.42 bits per heavy atom. The van der Waals surface area contributed by atoms with E-state index in [0.29, 0.717) is 5.39 Å². The van der Waals surface area contributed by atoms with Crippen LogP contribution in [0, 0.1) is 5.82 Å². The van der Waals surface area contributed by atoms with Gasteiger partial charge in [-0.1, -0.05) is 25.1 Å². The minimum atomic E-state index is -4.89. The Bertz CT molecular complexity index is 1450. The normalized spacial score (nSPS) is 17.3. The molecule has 12 nitrogen and oxygen atoms in total. The number of aliphatic hydroxyl groups is 2. The summed E-state index contributed by atoms with van der Waals surface area (Å²) >= 11 is 6.09. The van der Waals surface area contributed by atoms with E-state index in [1.54, 1.807) is 26.0 Å². The van der Waals surface area contributed by atoms with Crippen molar-refractivity contribution < 1.29 is 47.3 Å². The minimum Gasteiger partial charge on any atom is -0.385 e. The van der Waals surface area contributed by atoms with Crippen LogP contribution < -0.4 is 5.32 Å². The van der Waals surface area contributed by atoms with Gasteiger partial charge in [0, 0.05) is 12.2 Å². The SMILES string of the molecule is CC/C=C(/COP(=O)(O)CP(=O)(O)O)[C@@H](O)[C@H](F)[C@@H](O)n1ccc2c(N[C@@H](C)c3ccc(F)cc3)nc(Cl)nc21. The standard InChI is InChI=1S/C23H29ClF2N4O8P2/c1-3-4-15(11-38-40(36,37)12-39(33,34)35)19(31)18(26)22(32)30-10-9-17-20(28-23(24)29-21(17)30)27-13(2)14-5-7-16(25)8-6-14/h4-10,13,18-19,22,31-32H,3,11-12H2,1-2H3,(H,36,37)(H,27,28,29)(H2,33,34,35)/b15-4-/t13-,18-,19+,22+/m0/s1. The van der Waals surface area contributed by atoms with E-state index >= 15 is 4.39 Å². The number of allylic oxidation sites excluding steroid dienone is 1. The number of aromatic nitrogens is 3. The molecule has 40 heavy (non-hydrogen) atoms. The lowest BCUT2D eigenvalue weighted by molar-refractivity contribution is -0.0349. The van der Waals surface area contributed by atoms with Gasteiger partial charge in [-0.05, 0) is 54.3 Å². The Kier molecular flexibility index (Phi) is 10.6. The quantitative estimate of drug-likeness (QED) is 0.0906. The summed E-state index contributed by atoms with van der Waals surface area (Å²) in [6.45, 7) is 2.60. The Balaban J connectivity index is 1.83. The van der Waals surface area contributed by atoms with Crippen LogP contribution in [0.5, 0.6) is 0 Å². The fourth-order valence-electron chi connectivity index (χ4n) is 3.87. The first-order chi connectivity index (χ1) is 18.6. The number of alkyl halides is 1. The molecule has 0 saturated heterocycles. The second-order valence-electron chi connectivity index (χ2n) is 8.93. The van der Waals surface area contributed by atoms with E-state index < -0.39 is 52.0 Å².